The molecular weight excluding hydrogens is 283 g/mol. The number of sulfonamides is 1. The quantitative estimate of drug-likeness (QED) is 0.872. The fourth-order valence-corrected chi connectivity index (χ4v) is 2.99. The van der Waals surface area contributed by atoms with Crippen LogP contribution in [0.1, 0.15) is 6.92 Å². The summed E-state index contributed by atoms with van der Waals surface area (Å²) >= 11 is 11.6. The van der Waals surface area contributed by atoms with E-state index in [0.717, 1.165) is 0 Å². The Kier molecular flexibility index (Phi) is 5.22. The Morgan fingerprint density at radius 3 is 2.59 bits per heavy atom. The molecule has 7 heteroatoms. The van der Waals surface area contributed by atoms with Crippen molar-refractivity contribution >= 4 is 33.2 Å². The molecule has 1 unspecified atom stereocenters. The maximum Gasteiger partial charge on any atom is 0.242 e. The SMILES string of the molecule is CNC(C)CNS(=O)(=O)c1cc(Cl)ccc1Cl. The first-order chi connectivity index (χ1) is 7.86. The Morgan fingerprint density at radius 2 is 2.00 bits per heavy atom. The zero-order valence-corrected chi connectivity index (χ0v) is 11.8. The van der Waals surface area contributed by atoms with Crippen LogP contribution in [-0.2, 0) is 10.0 Å². The second-order valence-corrected chi connectivity index (χ2v) is 6.20. The highest BCUT2D eigenvalue weighted by molar-refractivity contribution is 7.89. The molecule has 0 radical (unpaired) electrons. The largest absolute Gasteiger partial charge is 0.316 e. The van der Waals surface area contributed by atoms with E-state index in [2.05, 4.69) is 10.0 Å². The molecule has 4 nitrogen and oxygen atoms in total. The van der Waals surface area contributed by atoms with E-state index in [0.29, 0.717) is 5.02 Å². The number of nitrogens with one attached hydrogen (secondary N) is 2. The van der Waals surface area contributed by atoms with Gasteiger partial charge in [0, 0.05) is 17.6 Å². The van der Waals surface area contributed by atoms with Gasteiger partial charge >= 0.3 is 0 Å². The lowest BCUT2D eigenvalue weighted by atomic mass is 10.4. The Labute approximate surface area is 111 Å². The third-order valence-corrected chi connectivity index (χ3v) is 4.40. The average Bonchev–Trinajstić information content (AvgIpc) is 2.29. The number of rotatable bonds is 5. The molecule has 2 N–H and O–H groups in total. The predicted octanol–water partition coefficient (Wildman–Crippen LogP) is 1.88. The van der Waals surface area contributed by atoms with E-state index in [1.165, 1.54) is 12.1 Å². The van der Waals surface area contributed by atoms with Crippen LogP contribution >= 0.6 is 23.2 Å². The summed E-state index contributed by atoms with van der Waals surface area (Å²) in [4.78, 5) is -0.00466. The van der Waals surface area contributed by atoms with Gasteiger partial charge in [0.25, 0.3) is 0 Å². The molecule has 1 atom stereocenters. The summed E-state index contributed by atoms with van der Waals surface area (Å²) in [5.74, 6) is 0. The van der Waals surface area contributed by atoms with E-state index in [9.17, 15) is 8.42 Å². The number of hydrogen-bond donors (Lipinski definition) is 2. The molecule has 0 bridgehead atoms. The van der Waals surface area contributed by atoms with Crippen LogP contribution < -0.4 is 10.0 Å². The van der Waals surface area contributed by atoms with Gasteiger partial charge in [-0.25, -0.2) is 13.1 Å². The third kappa shape index (κ3) is 4.12. The van der Waals surface area contributed by atoms with Crippen molar-refractivity contribution in [1.29, 1.82) is 0 Å². The highest BCUT2D eigenvalue weighted by atomic mass is 35.5. The Hall–Kier alpha value is -0.330. The van der Waals surface area contributed by atoms with E-state index >= 15 is 0 Å². The minimum Gasteiger partial charge on any atom is -0.316 e. The summed E-state index contributed by atoms with van der Waals surface area (Å²) in [5, 5.41) is 3.41. The molecule has 17 heavy (non-hydrogen) atoms. The number of benzene rings is 1. The summed E-state index contributed by atoms with van der Waals surface area (Å²) in [6.07, 6.45) is 0. The second-order valence-electron chi connectivity index (χ2n) is 3.62. The zero-order chi connectivity index (χ0) is 13.1. The van der Waals surface area contributed by atoms with E-state index in [1.54, 1.807) is 13.1 Å². The van der Waals surface area contributed by atoms with E-state index in [1.807, 2.05) is 6.92 Å². The highest BCUT2D eigenvalue weighted by Gasteiger charge is 2.18. The lowest BCUT2D eigenvalue weighted by Crippen LogP contribution is -2.37. The molecule has 1 rings (SSSR count). The normalized spacial score (nSPS) is 13.6. The smallest absolute Gasteiger partial charge is 0.242 e. The molecule has 0 spiro atoms. The Morgan fingerprint density at radius 1 is 1.35 bits per heavy atom. The van der Waals surface area contributed by atoms with Gasteiger partial charge in [-0.05, 0) is 32.2 Å². The molecule has 96 valence electrons. The van der Waals surface area contributed by atoms with Crippen molar-refractivity contribution in [2.75, 3.05) is 13.6 Å². The molecule has 0 amide bonds. The molecule has 0 aromatic heterocycles. The van der Waals surface area contributed by atoms with Gasteiger partial charge in [-0.15, -0.1) is 0 Å². The molecule has 0 fully saturated rings. The monoisotopic (exact) mass is 296 g/mol. The second kappa shape index (κ2) is 6.02. The average molecular weight is 297 g/mol. The van der Waals surface area contributed by atoms with Gasteiger partial charge in [0.05, 0.1) is 5.02 Å². The van der Waals surface area contributed by atoms with E-state index < -0.39 is 10.0 Å². The van der Waals surface area contributed by atoms with Gasteiger partial charge in [0.1, 0.15) is 4.90 Å². The maximum absolute atomic E-state index is 11.9. The van der Waals surface area contributed by atoms with Gasteiger partial charge < -0.3 is 5.32 Å². The lowest BCUT2D eigenvalue weighted by molar-refractivity contribution is 0.554. The minimum atomic E-state index is -3.62. The van der Waals surface area contributed by atoms with Crippen LogP contribution in [0.3, 0.4) is 0 Å². The van der Waals surface area contributed by atoms with Gasteiger partial charge in [0.2, 0.25) is 10.0 Å². The molecule has 0 aliphatic heterocycles. The van der Waals surface area contributed by atoms with Crippen molar-refractivity contribution in [3.63, 3.8) is 0 Å². The first-order valence-corrected chi connectivity index (χ1v) is 7.22. The number of hydrogen-bond acceptors (Lipinski definition) is 3. The van der Waals surface area contributed by atoms with Gasteiger partial charge in [0.15, 0.2) is 0 Å². The van der Waals surface area contributed by atoms with Crippen molar-refractivity contribution in [3.8, 4) is 0 Å². The number of halogens is 2. The fourth-order valence-electron chi connectivity index (χ4n) is 1.10. The molecule has 1 aromatic rings. The fraction of sp³-hybridized carbons (Fsp3) is 0.400. The summed E-state index contributed by atoms with van der Waals surface area (Å²) in [5.41, 5.74) is 0. The van der Waals surface area contributed by atoms with E-state index in [-0.39, 0.29) is 22.5 Å². The maximum atomic E-state index is 11.9. The van der Waals surface area contributed by atoms with Gasteiger partial charge in [-0.1, -0.05) is 23.2 Å². The predicted molar refractivity (Wildman–Crippen MR) is 70.2 cm³/mol. The topological polar surface area (TPSA) is 58.2 Å². The molecule has 0 heterocycles. The molecule has 0 aliphatic carbocycles. The van der Waals surface area contributed by atoms with Crippen LogP contribution in [0.25, 0.3) is 0 Å². The van der Waals surface area contributed by atoms with Crippen molar-refractivity contribution in [2.24, 2.45) is 0 Å². The lowest BCUT2D eigenvalue weighted by Gasteiger charge is -2.12. The summed E-state index contributed by atoms with van der Waals surface area (Å²) in [6.45, 7) is 2.14. The van der Waals surface area contributed by atoms with Crippen LogP contribution in [0.5, 0.6) is 0 Å². The third-order valence-electron chi connectivity index (χ3n) is 2.26. The van der Waals surface area contributed by atoms with Crippen molar-refractivity contribution < 1.29 is 8.42 Å². The Balaban J connectivity index is 2.93. The van der Waals surface area contributed by atoms with Crippen LogP contribution in [0, 0.1) is 0 Å². The molecule has 0 saturated carbocycles. The summed E-state index contributed by atoms with van der Waals surface area (Å²) in [7, 11) is -1.87. The van der Waals surface area contributed by atoms with Gasteiger partial charge in [-0.3, -0.25) is 0 Å². The number of likely N-dealkylation sites (N-methyl/N-ethyl adjacent to an activating group) is 1. The summed E-state index contributed by atoms with van der Waals surface area (Å²) in [6, 6.07) is 4.36. The first-order valence-electron chi connectivity index (χ1n) is 4.99. The molecule has 0 saturated heterocycles. The van der Waals surface area contributed by atoms with Gasteiger partial charge in [-0.2, -0.15) is 0 Å². The van der Waals surface area contributed by atoms with Crippen LogP contribution in [-0.4, -0.2) is 28.1 Å². The molecule has 0 aliphatic rings. The standard InChI is InChI=1S/C10H14Cl2N2O2S/c1-7(13-2)6-14-17(15,16)10-5-8(11)3-4-9(10)12/h3-5,7,13-14H,6H2,1-2H3. The Bertz CT molecular complexity index is 491. The summed E-state index contributed by atoms with van der Waals surface area (Å²) < 4.78 is 26.3. The highest BCUT2D eigenvalue weighted by Crippen LogP contribution is 2.24. The van der Waals surface area contributed by atoms with Crippen molar-refractivity contribution in [1.82, 2.24) is 10.0 Å². The van der Waals surface area contributed by atoms with Crippen LogP contribution in [0.15, 0.2) is 23.1 Å². The zero-order valence-electron chi connectivity index (χ0n) is 9.50. The van der Waals surface area contributed by atoms with Crippen LogP contribution in [0.2, 0.25) is 10.0 Å². The van der Waals surface area contributed by atoms with E-state index in [4.69, 9.17) is 23.2 Å². The minimum absolute atomic E-state index is 0.00466. The first kappa shape index (κ1) is 14.7. The molecular formula is C10H14Cl2N2O2S. The van der Waals surface area contributed by atoms with Crippen LogP contribution in [0.4, 0.5) is 0 Å². The van der Waals surface area contributed by atoms with Crippen molar-refractivity contribution in [3.05, 3.63) is 28.2 Å². The van der Waals surface area contributed by atoms with Crippen molar-refractivity contribution in [2.45, 2.75) is 17.9 Å². The molecule has 1 aromatic carbocycles.